The lowest BCUT2D eigenvalue weighted by Crippen LogP contribution is -2.15. The van der Waals surface area contributed by atoms with Crippen molar-refractivity contribution in [2.24, 2.45) is 0 Å². The molecule has 1 aliphatic rings. The SMILES string of the molecule is Cc1cc(C)c(NC(=O)CSc2nnc(NC3CC3)s2)c(Cl)c1. The molecule has 3 rings (SSSR count). The largest absolute Gasteiger partial charge is 0.357 e. The minimum absolute atomic E-state index is 0.101. The first kappa shape index (κ1) is 16.5. The first-order chi connectivity index (χ1) is 11.0. The van der Waals surface area contributed by atoms with Gasteiger partial charge in [-0.1, -0.05) is 40.8 Å². The Balaban J connectivity index is 1.54. The molecule has 1 amide bonds. The van der Waals surface area contributed by atoms with E-state index < -0.39 is 0 Å². The molecule has 1 fully saturated rings. The van der Waals surface area contributed by atoms with E-state index in [1.807, 2.05) is 26.0 Å². The maximum atomic E-state index is 12.1. The van der Waals surface area contributed by atoms with E-state index in [4.69, 9.17) is 11.6 Å². The van der Waals surface area contributed by atoms with Crippen molar-refractivity contribution in [2.45, 2.75) is 37.1 Å². The molecular formula is C15H17ClN4OS2. The van der Waals surface area contributed by atoms with Crippen LogP contribution in [0.5, 0.6) is 0 Å². The maximum absolute atomic E-state index is 12.1. The molecule has 1 aromatic carbocycles. The Morgan fingerprint density at radius 1 is 1.39 bits per heavy atom. The van der Waals surface area contributed by atoms with E-state index in [2.05, 4.69) is 20.8 Å². The maximum Gasteiger partial charge on any atom is 0.234 e. The van der Waals surface area contributed by atoms with Crippen LogP contribution in [0.25, 0.3) is 0 Å². The first-order valence-electron chi connectivity index (χ1n) is 7.30. The number of carbonyl (C=O) groups is 1. The van der Waals surface area contributed by atoms with Gasteiger partial charge in [0.25, 0.3) is 0 Å². The van der Waals surface area contributed by atoms with Gasteiger partial charge in [-0.25, -0.2) is 0 Å². The summed E-state index contributed by atoms with van der Waals surface area (Å²) in [5.41, 5.74) is 2.71. The lowest BCUT2D eigenvalue weighted by atomic mass is 10.1. The molecule has 0 atom stereocenters. The molecular weight excluding hydrogens is 352 g/mol. The van der Waals surface area contributed by atoms with E-state index in [0.29, 0.717) is 16.8 Å². The molecule has 1 aromatic heterocycles. The molecule has 0 spiro atoms. The zero-order valence-electron chi connectivity index (χ0n) is 12.9. The van der Waals surface area contributed by atoms with Crippen molar-refractivity contribution in [3.8, 4) is 0 Å². The monoisotopic (exact) mass is 368 g/mol. The number of amides is 1. The molecule has 1 heterocycles. The third-order valence-electron chi connectivity index (χ3n) is 3.33. The fraction of sp³-hybridized carbons (Fsp3) is 0.400. The number of benzene rings is 1. The van der Waals surface area contributed by atoms with E-state index in [0.717, 1.165) is 20.6 Å². The van der Waals surface area contributed by atoms with E-state index in [1.165, 1.54) is 35.9 Å². The number of rotatable bonds is 6. The summed E-state index contributed by atoms with van der Waals surface area (Å²) in [5, 5.41) is 15.7. The average molecular weight is 369 g/mol. The van der Waals surface area contributed by atoms with E-state index in [1.54, 1.807) is 0 Å². The number of anilines is 2. The van der Waals surface area contributed by atoms with Crippen molar-refractivity contribution in [3.63, 3.8) is 0 Å². The molecule has 1 aliphatic carbocycles. The van der Waals surface area contributed by atoms with Crippen LogP contribution in [-0.4, -0.2) is 27.9 Å². The van der Waals surface area contributed by atoms with Crippen LogP contribution in [0.1, 0.15) is 24.0 Å². The number of hydrogen-bond donors (Lipinski definition) is 2. The summed E-state index contributed by atoms with van der Waals surface area (Å²) < 4.78 is 0.787. The van der Waals surface area contributed by atoms with Gasteiger partial charge in [-0.15, -0.1) is 10.2 Å². The molecule has 0 aliphatic heterocycles. The molecule has 0 bridgehead atoms. The number of nitrogens with zero attached hydrogens (tertiary/aromatic N) is 2. The highest BCUT2D eigenvalue weighted by Gasteiger charge is 2.22. The van der Waals surface area contributed by atoms with Crippen LogP contribution in [0.15, 0.2) is 16.5 Å². The summed E-state index contributed by atoms with van der Waals surface area (Å²) in [4.78, 5) is 12.1. The van der Waals surface area contributed by atoms with Gasteiger partial charge < -0.3 is 10.6 Å². The van der Waals surface area contributed by atoms with Crippen LogP contribution in [-0.2, 0) is 4.79 Å². The average Bonchev–Trinajstić information content (AvgIpc) is 3.18. The summed E-state index contributed by atoms with van der Waals surface area (Å²) in [5.74, 6) is 0.178. The number of halogens is 1. The van der Waals surface area contributed by atoms with Crippen molar-refractivity contribution >= 4 is 51.4 Å². The second-order valence-electron chi connectivity index (χ2n) is 5.57. The van der Waals surface area contributed by atoms with Gasteiger partial charge in [0, 0.05) is 6.04 Å². The van der Waals surface area contributed by atoms with Crippen molar-refractivity contribution in [1.82, 2.24) is 10.2 Å². The third kappa shape index (κ3) is 4.59. The van der Waals surface area contributed by atoms with Gasteiger partial charge in [0.15, 0.2) is 4.34 Å². The summed E-state index contributed by atoms with van der Waals surface area (Å²) in [6.07, 6.45) is 2.39. The van der Waals surface area contributed by atoms with Crippen LogP contribution in [0.2, 0.25) is 5.02 Å². The Labute approximate surface area is 148 Å². The predicted molar refractivity (Wildman–Crippen MR) is 96.8 cm³/mol. The number of thioether (sulfide) groups is 1. The van der Waals surface area contributed by atoms with Gasteiger partial charge >= 0.3 is 0 Å². The van der Waals surface area contributed by atoms with Gasteiger partial charge in [0.1, 0.15) is 0 Å². The zero-order chi connectivity index (χ0) is 16.4. The first-order valence-corrected chi connectivity index (χ1v) is 9.48. The summed E-state index contributed by atoms with van der Waals surface area (Å²) in [6, 6.07) is 4.39. The van der Waals surface area contributed by atoms with Gasteiger partial charge in [0.2, 0.25) is 11.0 Å². The highest BCUT2D eigenvalue weighted by molar-refractivity contribution is 8.01. The lowest BCUT2D eigenvalue weighted by Gasteiger charge is -2.11. The number of aromatic nitrogens is 2. The Morgan fingerprint density at radius 2 is 2.17 bits per heavy atom. The topological polar surface area (TPSA) is 66.9 Å². The standard InChI is InChI=1S/C15H17ClN4OS2/c1-8-5-9(2)13(11(16)6-8)18-12(21)7-22-15-20-19-14(23-15)17-10-3-4-10/h5-6,10H,3-4,7H2,1-2H3,(H,17,19)(H,18,21). The molecule has 2 N–H and O–H groups in total. The van der Waals surface area contributed by atoms with E-state index in [9.17, 15) is 4.79 Å². The summed E-state index contributed by atoms with van der Waals surface area (Å²) >= 11 is 9.07. The van der Waals surface area contributed by atoms with Crippen LogP contribution in [0, 0.1) is 13.8 Å². The number of carbonyl (C=O) groups excluding carboxylic acids is 1. The second kappa shape index (κ2) is 7.07. The van der Waals surface area contributed by atoms with Crippen molar-refractivity contribution in [2.75, 3.05) is 16.4 Å². The van der Waals surface area contributed by atoms with Gasteiger partial charge in [-0.3, -0.25) is 4.79 Å². The highest BCUT2D eigenvalue weighted by Crippen LogP contribution is 2.31. The molecule has 2 aromatic rings. The van der Waals surface area contributed by atoms with Gasteiger partial charge in [-0.2, -0.15) is 0 Å². The fourth-order valence-electron chi connectivity index (χ4n) is 2.11. The molecule has 8 heteroatoms. The fourth-order valence-corrected chi connectivity index (χ4v) is 4.10. The van der Waals surface area contributed by atoms with Crippen molar-refractivity contribution in [1.29, 1.82) is 0 Å². The van der Waals surface area contributed by atoms with Crippen LogP contribution < -0.4 is 10.6 Å². The molecule has 5 nitrogen and oxygen atoms in total. The van der Waals surface area contributed by atoms with E-state index in [-0.39, 0.29) is 11.7 Å². The predicted octanol–water partition coefficient (Wildman–Crippen LogP) is 4.11. The van der Waals surface area contributed by atoms with Gasteiger partial charge in [0.05, 0.1) is 16.5 Å². The number of aryl methyl sites for hydroxylation is 2. The Hall–Kier alpha value is -1.31. The number of nitrogens with one attached hydrogen (secondary N) is 2. The Kier molecular flexibility index (Phi) is 5.08. The quantitative estimate of drug-likeness (QED) is 0.751. The van der Waals surface area contributed by atoms with Gasteiger partial charge in [-0.05, 0) is 43.9 Å². The molecule has 0 saturated heterocycles. The minimum atomic E-state index is -0.101. The smallest absolute Gasteiger partial charge is 0.234 e. The molecule has 1 saturated carbocycles. The van der Waals surface area contributed by atoms with E-state index >= 15 is 0 Å². The third-order valence-corrected chi connectivity index (χ3v) is 5.62. The summed E-state index contributed by atoms with van der Waals surface area (Å²) in [7, 11) is 0. The lowest BCUT2D eigenvalue weighted by molar-refractivity contribution is -0.113. The van der Waals surface area contributed by atoms with Crippen LogP contribution in [0.3, 0.4) is 0 Å². The highest BCUT2D eigenvalue weighted by atomic mass is 35.5. The Morgan fingerprint density at radius 3 is 2.87 bits per heavy atom. The molecule has 122 valence electrons. The normalized spacial score (nSPS) is 13.9. The Bertz CT molecular complexity index is 707. The molecule has 23 heavy (non-hydrogen) atoms. The minimum Gasteiger partial charge on any atom is -0.357 e. The zero-order valence-corrected chi connectivity index (χ0v) is 15.2. The number of hydrogen-bond acceptors (Lipinski definition) is 6. The van der Waals surface area contributed by atoms with Crippen LogP contribution >= 0.6 is 34.7 Å². The van der Waals surface area contributed by atoms with Crippen LogP contribution in [0.4, 0.5) is 10.8 Å². The molecule has 0 unspecified atom stereocenters. The molecule has 0 radical (unpaired) electrons. The second-order valence-corrected chi connectivity index (χ2v) is 8.17. The van der Waals surface area contributed by atoms with Crippen molar-refractivity contribution < 1.29 is 4.79 Å². The summed E-state index contributed by atoms with van der Waals surface area (Å²) in [6.45, 7) is 3.91. The van der Waals surface area contributed by atoms with Crippen molar-refractivity contribution in [3.05, 3.63) is 28.3 Å².